The van der Waals surface area contributed by atoms with E-state index < -0.39 is 10.0 Å². The van der Waals surface area contributed by atoms with Crippen molar-refractivity contribution in [3.8, 4) is 5.75 Å². The Morgan fingerprint density at radius 2 is 1.94 bits per heavy atom. The van der Waals surface area contributed by atoms with E-state index in [1.807, 2.05) is 0 Å². The number of nitrogens with one attached hydrogen (secondary N) is 1. The highest BCUT2D eigenvalue weighted by Gasteiger charge is 2.19. The van der Waals surface area contributed by atoms with Crippen LogP contribution in [0.5, 0.6) is 5.75 Å². The van der Waals surface area contributed by atoms with E-state index >= 15 is 0 Å². The lowest BCUT2D eigenvalue weighted by atomic mass is 10.3. The highest BCUT2D eigenvalue weighted by atomic mass is 32.2. The van der Waals surface area contributed by atoms with Gasteiger partial charge in [0.25, 0.3) is 0 Å². The molecule has 0 aromatic heterocycles. The average Bonchev–Trinajstić information content (AvgIpc) is 2.35. The molecule has 1 rings (SSSR count). The molecule has 1 aromatic rings. The van der Waals surface area contributed by atoms with Crippen molar-refractivity contribution in [1.82, 2.24) is 4.72 Å². The molecule has 1 aromatic carbocycles. The Balaban J connectivity index is 2.89. The summed E-state index contributed by atoms with van der Waals surface area (Å²) in [4.78, 5) is 0.130. The second kappa shape index (κ2) is 6.00. The molecular weight excluding hydrogens is 242 g/mol. The van der Waals surface area contributed by atoms with Crippen molar-refractivity contribution < 1.29 is 17.9 Å². The highest BCUT2D eigenvalue weighted by molar-refractivity contribution is 7.89. The highest BCUT2D eigenvalue weighted by Crippen LogP contribution is 2.22. The zero-order valence-electron chi connectivity index (χ0n) is 10.1. The van der Waals surface area contributed by atoms with Crippen molar-refractivity contribution in [1.29, 1.82) is 0 Å². The summed E-state index contributed by atoms with van der Waals surface area (Å²) in [5.41, 5.74) is 0. The van der Waals surface area contributed by atoms with Crippen molar-refractivity contribution in [3.63, 3.8) is 0 Å². The minimum atomic E-state index is -3.56. The van der Waals surface area contributed by atoms with Crippen LogP contribution in [0.1, 0.15) is 6.92 Å². The number of hydrogen-bond acceptors (Lipinski definition) is 4. The molecule has 1 atom stereocenters. The van der Waals surface area contributed by atoms with Crippen LogP contribution in [0.3, 0.4) is 0 Å². The summed E-state index contributed by atoms with van der Waals surface area (Å²) in [6.45, 7) is 2.00. The van der Waals surface area contributed by atoms with Gasteiger partial charge in [0, 0.05) is 13.7 Å². The first-order valence-electron chi connectivity index (χ1n) is 5.16. The van der Waals surface area contributed by atoms with E-state index in [0.717, 1.165) is 0 Å². The Bertz CT molecular complexity index is 458. The van der Waals surface area contributed by atoms with Gasteiger partial charge in [-0.1, -0.05) is 12.1 Å². The molecular formula is C11H17NO4S. The van der Waals surface area contributed by atoms with Gasteiger partial charge in [-0.2, -0.15) is 0 Å². The monoisotopic (exact) mass is 259 g/mol. The molecule has 5 nitrogen and oxygen atoms in total. The lowest BCUT2D eigenvalue weighted by Gasteiger charge is -2.13. The lowest BCUT2D eigenvalue weighted by Crippen LogP contribution is -2.31. The number of benzene rings is 1. The standard InChI is InChI=1S/C11H17NO4S/c1-9(15-2)8-12-17(13,14)11-7-5-4-6-10(11)16-3/h4-7,9,12H,8H2,1-3H3. The Morgan fingerprint density at radius 1 is 1.29 bits per heavy atom. The van der Waals surface area contributed by atoms with Crippen LogP contribution >= 0.6 is 0 Å². The van der Waals surface area contributed by atoms with Gasteiger partial charge in [0.15, 0.2) is 0 Å². The Hall–Kier alpha value is -1.11. The largest absolute Gasteiger partial charge is 0.495 e. The number of para-hydroxylation sites is 1. The van der Waals surface area contributed by atoms with Crippen LogP contribution < -0.4 is 9.46 Å². The predicted molar refractivity (Wildman–Crippen MR) is 64.7 cm³/mol. The smallest absolute Gasteiger partial charge is 0.244 e. The molecule has 0 fully saturated rings. The van der Waals surface area contributed by atoms with E-state index in [4.69, 9.17) is 9.47 Å². The maximum atomic E-state index is 12.0. The minimum absolute atomic E-state index is 0.130. The molecule has 0 saturated carbocycles. The fourth-order valence-corrected chi connectivity index (χ4v) is 2.51. The van der Waals surface area contributed by atoms with E-state index in [-0.39, 0.29) is 17.5 Å². The molecule has 6 heteroatoms. The van der Waals surface area contributed by atoms with Crippen LogP contribution in [-0.4, -0.2) is 35.3 Å². The van der Waals surface area contributed by atoms with E-state index in [0.29, 0.717) is 5.75 Å². The number of ether oxygens (including phenoxy) is 2. The first kappa shape index (κ1) is 14.0. The maximum absolute atomic E-state index is 12.0. The second-order valence-corrected chi connectivity index (χ2v) is 5.28. The molecule has 0 aliphatic carbocycles. The van der Waals surface area contributed by atoms with E-state index in [9.17, 15) is 8.42 Å². The molecule has 0 aliphatic heterocycles. The SMILES string of the molecule is COc1ccccc1S(=O)(=O)NCC(C)OC. The Kier molecular flexibility index (Phi) is 4.92. The average molecular weight is 259 g/mol. The third kappa shape index (κ3) is 3.69. The van der Waals surface area contributed by atoms with Gasteiger partial charge in [-0.15, -0.1) is 0 Å². The van der Waals surface area contributed by atoms with Crippen molar-refractivity contribution in [2.45, 2.75) is 17.9 Å². The van der Waals surface area contributed by atoms with Crippen LogP contribution in [0.25, 0.3) is 0 Å². The van der Waals surface area contributed by atoms with E-state index in [2.05, 4.69) is 4.72 Å². The van der Waals surface area contributed by atoms with Gasteiger partial charge in [-0.3, -0.25) is 0 Å². The summed E-state index contributed by atoms with van der Waals surface area (Å²) in [7, 11) is -0.597. The van der Waals surface area contributed by atoms with Gasteiger partial charge >= 0.3 is 0 Å². The van der Waals surface area contributed by atoms with Crippen molar-refractivity contribution >= 4 is 10.0 Å². The first-order chi connectivity index (χ1) is 8.01. The topological polar surface area (TPSA) is 64.6 Å². The van der Waals surface area contributed by atoms with Crippen LogP contribution in [0.15, 0.2) is 29.2 Å². The number of hydrogen-bond donors (Lipinski definition) is 1. The van der Waals surface area contributed by atoms with Crippen LogP contribution in [0.2, 0.25) is 0 Å². The summed E-state index contributed by atoms with van der Waals surface area (Å²) in [5, 5.41) is 0. The van der Waals surface area contributed by atoms with E-state index in [1.54, 1.807) is 25.1 Å². The normalized spacial score (nSPS) is 13.4. The lowest BCUT2D eigenvalue weighted by molar-refractivity contribution is 0.122. The van der Waals surface area contributed by atoms with Crippen molar-refractivity contribution in [2.75, 3.05) is 20.8 Å². The van der Waals surface area contributed by atoms with Crippen LogP contribution in [0.4, 0.5) is 0 Å². The zero-order valence-corrected chi connectivity index (χ0v) is 11.0. The third-order valence-corrected chi connectivity index (χ3v) is 3.78. The predicted octanol–water partition coefficient (Wildman–Crippen LogP) is 1.01. The second-order valence-electron chi connectivity index (χ2n) is 3.55. The fraction of sp³-hybridized carbons (Fsp3) is 0.455. The Morgan fingerprint density at radius 3 is 2.53 bits per heavy atom. The molecule has 96 valence electrons. The van der Waals surface area contributed by atoms with Crippen molar-refractivity contribution in [3.05, 3.63) is 24.3 Å². The van der Waals surface area contributed by atoms with Gasteiger partial charge in [0.2, 0.25) is 10.0 Å². The molecule has 0 saturated heterocycles. The molecule has 1 N–H and O–H groups in total. The maximum Gasteiger partial charge on any atom is 0.244 e. The summed E-state index contributed by atoms with van der Waals surface area (Å²) in [6.07, 6.45) is -0.181. The molecule has 0 bridgehead atoms. The summed E-state index contributed by atoms with van der Waals surface area (Å²) < 4.78 is 36.4. The summed E-state index contributed by atoms with van der Waals surface area (Å²) >= 11 is 0. The molecule has 17 heavy (non-hydrogen) atoms. The summed E-state index contributed by atoms with van der Waals surface area (Å²) in [5.74, 6) is 0.324. The summed E-state index contributed by atoms with van der Waals surface area (Å²) in [6, 6.07) is 6.47. The quantitative estimate of drug-likeness (QED) is 0.828. The van der Waals surface area contributed by atoms with Crippen LogP contribution in [-0.2, 0) is 14.8 Å². The molecule has 0 heterocycles. The van der Waals surface area contributed by atoms with E-state index in [1.165, 1.54) is 20.3 Å². The molecule has 1 unspecified atom stereocenters. The van der Waals surface area contributed by atoms with Crippen molar-refractivity contribution in [2.24, 2.45) is 0 Å². The van der Waals surface area contributed by atoms with Gasteiger partial charge in [-0.25, -0.2) is 13.1 Å². The minimum Gasteiger partial charge on any atom is -0.495 e. The molecule has 0 radical (unpaired) electrons. The molecule has 0 amide bonds. The van der Waals surface area contributed by atoms with Gasteiger partial charge in [-0.05, 0) is 19.1 Å². The number of methoxy groups -OCH3 is 2. The number of sulfonamides is 1. The molecule has 0 spiro atoms. The Labute approximate surface area is 102 Å². The first-order valence-corrected chi connectivity index (χ1v) is 6.65. The zero-order chi connectivity index (χ0) is 12.9. The number of rotatable bonds is 6. The van der Waals surface area contributed by atoms with Crippen LogP contribution in [0, 0.1) is 0 Å². The third-order valence-electron chi connectivity index (χ3n) is 2.32. The van der Waals surface area contributed by atoms with Gasteiger partial charge in [0.05, 0.1) is 13.2 Å². The van der Waals surface area contributed by atoms with Gasteiger partial charge < -0.3 is 9.47 Å². The fourth-order valence-electron chi connectivity index (χ4n) is 1.23. The van der Waals surface area contributed by atoms with Gasteiger partial charge in [0.1, 0.15) is 10.6 Å². The molecule has 0 aliphatic rings.